The first-order valence-corrected chi connectivity index (χ1v) is 6.89. The van der Waals surface area contributed by atoms with E-state index in [0.717, 1.165) is 23.3 Å². The van der Waals surface area contributed by atoms with Crippen LogP contribution in [0.4, 0.5) is 0 Å². The fraction of sp³-hybridized carbons (Fsp3) is 0.308. The van der Waals surface area contributed by atoms with Gasteiger partial charge in [-0.15, -0.1) is 42.2 Å². The van der Waals surface area contributed by atoms with Gasteiger partial charge in [-0.1, -0.05) is 17.5 Å². The quantitative estimate of drug-likeness (QED) is 0.196. The van der Waals surface area contributed by atoms with Crippen LogP contribution in [0, 0.1) is 12.3 Å². The van der Waals surface area contributed by atoms with Crippen LogP contribution >= 0.6 is 47.3 Å². The molecule has 0 heterocycles. The fourth-order valence-electron chi connectivity index (χ4n) is 1.22. The van der Waals surface area contributed by atoms with Crippen molar-refractivity contribution in [3.63, 3.8) is 0 Å². The van der Waals surface area contributed by atoms with E-state index >= 15 is 0 Å². The Balaban J connectivity index is 0.00000324. The average molecular weight is 410 g/mol. The average Bonchev–Trinajstić information content (AvgIpc) is 2.40. The minimum atomic E-state index is 0. The lowest BCUT2D eigenvalue weighted by Crippen LogP contribution is -2.38. The predicted octanol–water partition coefficient (Wildman–Crippen LogP) is 2.85. The molecule has 0 saturated heterocycles. The van der Waals surface area contributed by atoms with Gasteiger partial charge in [-0.05, 0) is 24.3 Å². The van der Waals surface area contributed by atoms with Crippen LogP contribution < -0.4 is 10.6 Å². The summed E-state index contributed by atoms with van der Waals surface area (Å²) >= 11 is 7.58. The first-order chi connectivity index (χ1) is 8.76. The number of hydrogen-bond donors (Lipinski definition) is 2. The smallest absolute Gasteiger partial charge is 0.191 e. The van der Waals surface area contributed by atoms with Crippen LogP contribution in [0.3, 0.4) is 0 Å². The van der Waals surface area contributed by atoms with Gasteiger partial charge in [-0.3, -0.25) is 4.99 Å². The van der Waals surface area contributed by atoms with Crippen LogP contribution in [0.15, 0.2) is 34.2 Å². The molecule has 1 aromatic rings. The van der Waals surface area contributed by atoms with Crippen molar-refractivity contribution in [2.75, 3.05) is 25.9 Å². The summed E-state index contributed by atoms with van der Waals surface area (Å²) in [5, 5.41) is 6.94. The van der Waals surface area contributed by atoms with E-state index in [-0.39, 0.29) is 24.0 Å². The van der Waals surface area contributed by atoms with Gasteiger partial charge >= 0.3 is 0 Å². The second-order valence-electron chi connectivity index (χ2n) is 3.36. The van der Waals surface area contributed by atoms with Gasteiger partial charge in [0.2, 0.25) is 0 Å². The summed E-state index contributed by atoms with van der Waals surface area (Å²) in [6, 6.07) is 7.81. The van der Waals surface area contributed by atoms with E-state index in [4.69, 9.17) is 18.0 Å². The van der Waals surface area contributed by atoms with E-state index in [1.54, 1.807) is 18.8 Å². The summed E-state index contributed by atoms with van der Waals surface area (Å²) in [5.41, 5.74) is 0. The van der Waals surface area contributed by atoms with Crippen LogP contribution in [-0.4, -0.2) is 31.8 Å². The van der Waals surface area contributed by atoms with E-state index in [2.05, 4.69) is 21.5 Å². The summed E-state index contributed by atoms with van der Waals surface area (Å²) in [6.45, 7) is 1.29. The molecule has 19 heavy (non-hydrogen) atoms. The summed E-state index contributed by atoms with van der Waals surface area (Å²) in [6.07, 6.45) is 5.16. The standard InChI is InChI=1S/C13H16ClN3S.HI/c1-3-8-16-13(15-2)17-9-10-18-12-6-4-11(14)5-7-12;/h1,4-7H,8-10H2,2H3,(H2,15,16,17);1H. The summed E-state index contributed by atoms with van der Waals surface area (Å²) in [7, 11) is 1.72. The molecule has 104 valence electrons. The van der Waals surface area contributed by atoms with Crippen LogP contribution in [0.1, 0.15) is 0 Å². The lowest BCUT2D eigenvalue weighted by Gasteiger charge is -2.09. The van der Waals surface area contributed by atoms with Crippen molar-refractivity contribution in [3.05, 3.63) is 29.3 Å². The molecule has 6 heteroatoms. The van der Waals surface area contributed by atoms with E-state index < -0.39 is 0 Å². The third kappa shape index (κ3) is 8.24. The van der Waals surface area contributed by atoms with E-state index in [1.807, 2.05) is 24.3 Å². The maximum Gasteiger partial charge on any atom is 0.191 e. The van der Waals surface area contributed by atoms with Gasteiger partial charge in [0.25, 0.3) is 0 Å². The van der Waals surface area contributed by atoms with Crippen LogP contribution in [0.25, 0.3) is 0 Å². The van der Waals surface area contributed by atoms with Crippen molar-refractivity contribution >= 4 is 53.3 Å². The van der Waals surface area contributed by atoms with Gasteiger partial charge < -0.3 is 10.6 Å². The van der Waals surface area contributed by atoms with Gasteiger partial charge in [0.1, 0.15) is 0 Å². The molecule has 0 unspecified atom stereocenters. The molecule has 0 radical (unpaired) electrons. The number of rotatable bonds is 5. The number of halogens is 2. The molecule has 3 nitrogen and oxygen atoms in total. The zero-order valence-corrected chi connectivity index (χ0v) is 14.6. The molecule has 2 N–H and O–H groups in total. The third-order valence-corrected chi connectivity index (χ3v) is 3.32. The molecule has 0 saturated carbocycles. The first kappa shape index (κ1) is 18.4. The van der Waals surface area contributed by atoms with Crippen molar-refractivity contribution in [3.8, 4) is 12.3 Å². The molecule has 0 fully saturated rings. The Morgan fingerprint density at radius 3 is 2.63 bits per heavy atom. The SMILES string of the molecule is C#CCNC(=NC)NCCSc1ccc(Cl)cc1.I. The number of aliphatic imine (C=N–C) groups is 1. The maximum absolute atomic E-state index is 5.82. The summed E-state index contributed by atoms with van der Waals surface area (Å²) < 4.78 is 0. The highest BCUT2D eigenvalue weighted by molar-refractivity contribution is 14.0. The monoisotopic (exact) mass is 409 g/mol. The van der Waals surface area contributed by atoms with Crippen molar-refractivity contribution in [1.29, 1.82) is 0 Å². The van der Waals surface area contributed by atoms with Crippen molar-refractivity contribution in [2.24, 2.45) is 4.99 Å². The number of nitrogens with one attached hydrogen (secondary N) is 2. The molecule has 0 aliphatic heterocycles. The second-order valence-corrected chi connectivity index (χ2v) is 4.96. The number of guanidine groups is 1. The summed E-state index contributed by atoms with van der Waals surface area (Å²) in [4.78, 5) is 5.26. The Kier molecular flexibility index (Phi) is 10.9. The van der Waals surface area contributed by atoms with E-state index in [9.17, 15) is 0 Å². The third-order valence-electron chi connectivity index (χ3n) is 2.06. The Hall–Kier alpha value is -0.580. The van der Waals surface area contributed by atoms with Crippen LogP contribution in [0.2, 0.25) is 5.02 Å². The molecule has 0 aliphatic carbocycles. The number of benzene rings is 1. The highest BCUT2D eigenvalue weighted by Crippen LogP contribution is 2.19. The Bertz CT molecular complexity index is 429. The fourth-order valence-corrected chi connectivity index (χ4v) is 2.12. The van der Waals surface area contributed by atoms with Crippen LogP contribution in [0.5, 0.6) is 0 Å². The van der Waals surface area contributed by atoms with E-state index in [1.165, 1.54) is 4.90 Å². The molecule has 0 atom stereocenters. The largest absolute Gasteiger partial charge is 0.356 e. The van der Waals surface area contributed by atoms with Gasteiger partial charge in [-0.2, -0.15) is 0 Å². The molecule has 1 aromatic carbocycles. The summed E-state index contributed by atoms with van der Waals surface area (Å²) in [5.74, 6) is 4.17. The van der Waals surface area contributed by atoms with Crippen molar-refractivity contribution < 1.29 is 0 Å². The molecule has 1 rings (SSSR count). The Morgan fingerprint density at radius 1 is 1.37 bits per heavy atom. The molecular formula is C13H17ClIN3S. The predicted molar refractivity (Wildman–Crippen MR) is 95.8 cm³/mol. The number of thioether (sulfide) groups is 1. The number of terminal acetylenes is 1. The zero-order chi connectivity index (χ0) is 13.2. The highest BCUT2D eigenvalue weighted by Gasteiger charge is 1.97. The normalized spacial score (nSPS) is 10.3. The lowest BCUT2D eigenvalue weighted by atomic mass is 10.4. The zero-order valence-electron chi connectivity index (χ0n) is 10.6. The van der Waals surface area contributed by atoms with Crippen LogP contribution in [-0.2, 0) is 0 Å². The van der Waals surface area contributed by atoms with E-state index in [0.29, 0.717) is 6.54 Å². The lowest BCUT2D eigenvalue weighted by molar-refractivity contribution is 0.891. The Labute approximate surface area is 141 Å². The van der Waals surface area contributed by atoms with Gasteiger partial charge in [-0.25, -0.2) is 0 Å². The molecule has 0 amide bonds. The highest BCUT2D eigenvalue weighted by atomic mass is 127. The van der Waals surface area contributed by atoms with Crippen molar-refractivity contribution in [2.45, 2.75) is 4.90 Å². The second kappa shape index (κ2) is 11.3. The van der Waals surface area contributed by atoms with Crippen molar-refractivity contribution in [1.82, 2.24) is 10.6 Å². The molecule has 0 aromatic heterocycles. The minimum absolute atomic E-state index is 0. The molecular weight excluding hydrogens is 393 g/mol. The number of hydrogen-bond acceptors (Lipinski definition) is 2. The molecule has 0 aliphatic rings. The topological polar surface area (TPSA) is 36.4 Å². The van der Waals surface area contributed by atoms with Gasteiger partial charge in [0.15, 0.2) is 5.96 Å². The molecule has 0 bridgehead atoms. The first-order valence-electron chi connectivity index (χ1n) is 5.52. The minimum Gasteiger partial charge on any atom is -0.356 e. The van der Waals surface area contributed by atoms with Gasteiger partial charge in [0.05, 0.1) is 6.54 Å². The maximum atomic E-state index is 5.82. The Morgan fingerprint density at radius 2 is 2.05 bits per heavy atom. The van der Waals surface area contributed by atoms with Gasteiger partial charge in [0, 0.05) is 29.3 Å². The molecule has 0 spiro atoms. The number of nitrogens with zero attached hydrogens (tertiary/aromatic N) is 1.